The van der Waals surface area contributed by atoms with Crippen molar-refractivity contribution in [1.29, 1.82) is 0 Å². The van der Waals surface area contributed by atoms with E-state index in [0.29, 0.717) is 39.4 Å². The van der Waals surface area contributed by atoms with Crippen molar-refractivity contribution in [3.63, 3.8) is 0 Å². The van der Waals surface area contributed by atoms with Crippen LogP contribution in [0.4, 0.5) is 4.79 Å². The van der Waals surface area contributed by atoms with Gasteiger partial charge in [0, 0.05) is 12.7 Å². The second-order valence-corrected chi connectivity index (χ2v) is 8.44. The molecule has 11 nitrogen and oxygen atoms in total. The zero-order valence-electron chi connectivity index (χ0n) is 20.4. The summed E-state index contributed by atoms with van der Waals surface area (Å²) in [7, 11) is 2.93. The number of hydrogen-bond acceptors (Lipinski definition) is 7. The maximum atomic E-state index is 12.9. The molecule has 2 aromatic heterocycles. The van der Waals surface area contributed by atoms with Gasteiger partial charge in [-0.1, -0.05) is 30.3 Å². The average Bonchev–Trinajstić information content (AvgIpc) is 3.34. The minimum absolute atomic E-state index is 0.0392. The fourth-order valence-corrected chi connectivity index (χ4v) is 4.21. The Kier molecular flexibility index (Phi) is 6.18. The molecule has 188 valence electrons. The van der Waals surface area contributed by atoms with E-state index in [1.807, 2.05) is 30.3 Å². The first-order valence-corrected chi connectivity index (χ1v) is 11.5. The lowest BCUT2D eigenvalue weighted by atomic mass is 9.95. The fraction of sp³-hybridized carbons (Fsp3) is 0.192. The largest absolute Gasteiger partial charge is 0.486 e. The Morgan fingerprint density at radius 1 is 1.08 bits per heavy atom. The van der Waals surface area contributed by atoms with Crippen LogP contribution in [0.2, 0.25) is 0 Å². The van der Waals surface area contributed by atoms with Crippen molar-refractivity contribution >= 4 is 23.0 Å². The van der Waals surface area contributed by atoms with E-state index in [4.69, 9.17) is 9.47 Å². The van der Waals surface area contributed by atoms with Gasteiger partial charge in [0.15, 0.2) is 11.5 Å². The molecule has 11 heteroatoms. The number of nitrogens with one attached hydrogen (secondary N) is 2. The number of esters is 1. The molecule has 0 radical (unpaired) electrons. The number of carbonyl (C=O) groups excluding carboxylic acids is 2. The molecule has 0 aliphatic carbocycles. The predicted molar refractivity (Wildman–Crippen MR) is 134 cm³/mol. The molecule has 0 saturated heterocycles. The summed E-state index contributed by atoms with van der Waals surface area (Å²) in [6.07, 6.45) is 1.51. The van der Waals surface area contributed by atoms with Crippen molar-refractivity contribution in [2.24, 2.45) is 7.05 Å². The number of allylic oxidation sites excluding steroid dienone is 1. The molecule has 0 saturated carbocycles. The summed E-state index contributed by atoms with van der Waals surface area (Å²) in [5.74, 6) is 0.416. The number of para-hydroxylation sites is 1. The Labute approximate surface area is 211 Å². The topological polar surface area (TPSA) is 129 Å². The Balaban J connectivity index is 1.39. The second-order valence-electron chi connectivity index (χ2n) is 8.44. The highest BCUT2D eigenvalue weighted by molar-refractivity contribution is 5.94. The maximum absolute atomic E-state index is 12.9. The Hall–Kier alpha value is -4.93. The summed E-state index contributed by atoms with van der Waals surface area (Å²) in [4.78, 5) is 41.9. The van der Waals surface area contributed by atoms with Gasteiger partial charge in [0.2, 0.25) is 0 Å². The van der Waals surface area contributed by atoms with Gasteiger partial charge in [-0.25, -0.2) is 19.3 Å². The lowest BCUT2D eigenvalue weighted by Crippen LogP contribution is -2.45. The first kappa shape index (κ1) is 23.8. The smallest absolute Gasteiger partial charge is 0.337 e. The SMILES string of the molecule is COC(=O)C1=C(C)NC(=O)NC1c1ccc(OCc2nc3c(cnn3-c3ccccc3)c(=O)n2C)cc1. The number of amides is 2. The third-order valence-corrected chi connectivity index (χ3v) is 6.16. The quantitative estimate of drug-likeness (QED) is 0.389. The summed E-state index contributed by atoms with van der Waals surface area (Å²) in [5.41, 5.74) is 2.45. The van der Waals surface area contributed by atoms with E-state index in [9.17, 15) is 14.4 Å². The molecule has 0 bridgehead atoms. The van der Waals surface area contributed by atoms with Crippen molar-refractivity contribution in [2.45, 2.75) is 19.6 Å². The Morgan fingerprint density at radius 2 is 1.81 bits per heavy atom. The van der Waals surface area contributed by atoms with Gasteiger partial charge in [-0.05, 0) is 36.8 Å². The van der Waals surface area contributed by atoms with E-state index in [1.165, 1.54) is 17.9 Å². The Morgan fingerprint density at radius 3 is 2.51 bits per heavy atom. The average molecular weight is 501 g/mol. The molecular formula is C26H24N6O5. The van der Waals surface area contributed by atoms with Crippen LogP contribution in [-0.4, -0.2) is 38.4 Å². The molecule has 2 amide bonds. The molecular weight excluding hydrogens is 476 g/mol. The van der Waals surface area contributed by atoms with Crippen LogP contribution in [0.25, 0.3) is 16.7 Å². The lowest BCUT2D eigenvalue weighted by molar-refractivity contribution is -0.136. The van der Waals surface area contributed by atoms with Gasteiger partial charge in [-0.2, -0.15) is 5.10 Å². The van der Waals surface area contributed by atoms with E-state index >= 15 is 0 Å². The van der Waals surface area contributed by atoms with E-state index in [2.05, 4.69) is 20.7 Å². The number of ether oxygens (including phenoxy) is 2. The van der Waals surface area contributed by atoms with Gasteiger partial charge >= 0.3 is 12.0 Å². The monoisotopic (exact) mass is 500 g/mol. The summed E-state index contributed by atoms with van der Waals surface area (Å²) < 4.78 is 13.9. The highest BCUT2D eigenvalue weighted by atomic mass is 16.5. The van der Waals surface area contributed by atoms with Crippen molar-refractivity contribution in [3.05, 3.63) is 93.8 Å². The summed E-state index contributed by atoms with van der Waals surface area (Å²) in [5, 5.41) is 10.1. The molecule has 1 atom stereocenters. The van der Waals surface area contributed by atoms with Crippen LogP contribution in [0.15, 0.2) is 76.9 Å². The summed E-state index contributed by atoms with van der Waals surface area (Å²) in [6.45, 7) is 1.69. The van der Waals surface area contributed by atoms with E-state index in [1.54, 1.807) is 42.9 Å². The number of urea groups is 1. The highest BCUT2D eigenvalue weighted by Gasteiger charge is 2.31. The van der Waals surface area contributed by atoms with Crippen LogP contribution >= 0.6 is 0 Å². The summed E-state index contributed by atoms with van der Waals surface area (Å²) in [6, 6.07) is 15.3. The van der Waals surface area contributed by atoms with Crippen LogP contribution in [0, 0.1) is 0 Å². The lowest BCUT2D eigenvalue weighted by Gasteiger charge is -2.27. The van der Waals surface area contributed by atoms with Gasteiger partial charge in [0.25, 0.3) is 5.56 Å². The van der Waals surface area contributed by atoms with Gasteiger partial charge < -0.3 is 20.1 Å². The van der Waals surface area contributed by atoms with Crippen LogP contribution in [-0.2, 0) is 23.2 Å². The van der Waals surface area contributed by atoms with Gasteiger partial charge in [-0.15, -0.1) is 0 Å². The minimum Gasteiger partial charge on any atom is -0.486 e. The van der Waals surface area contributed by atoms with Crippen molar-refractivity contribution in [2.75, 3.05) is 7.11 Å². The number of methoxy groups -OCH3 is 1. The number of rotatable bonds is 6. The van der Waals surface area contributed by atoms with Crippen LogP contribution in [0.3, 0.4) is 0 Å². The fourth-order valence-electron chi connectivity index (χ4n) is 4.21. The van der Waals surface area contributed by atoms with Crippen molar-refractivity contribution in [3.8, 4) is 11.4 Å². The number of carbonyl (C=O) groups is 2. The molecule has 0 spiro atoms. The van der Waals surface area contributed by atoms with E-state index < -0.39 is 18.0 Å². The van der Waals surface area contributed by atoms with Crippen molar-refractivity contribution < 1.29 is 19.1 Å². The molecule has 1 aliphatic rings. The number of fused-ring (bicyclic) bond motifs is 1. The second kappa shape index (κ2) is 9.61. The number of hydrogen-bond donors (Lipinski definition) is 2. The molecule has 0 fully saturated rings. The van der Waals surface area contributed by atoms with Crippen molar-refractivity contribution in [1.82, 2.24) is 30.0 Å². The number of benzene rings is 2. The van der Waals surface area contributed by atoms with E-state index in [0.717, 1.165) is 5.69 Å². The molecule has 2 aromatic carbocycles. The highest BCUT2D eigenvalue weighted by Crippen LogP contribution is 2.29. The van der Waals surface area contributed by atoms with Gasteiger partial charge in [-0.3, -0.25) is 9.36 Å². The molecule has 1 unspecified atom stereocenters. The normalized spacial score (nSPS) is 15.3. The molecule has 1 aliphatic heterocycles. The predicted octanol–water partition coefficient (Wildman–Crippen LogP) is 2.50. The van der Waals surface area contributed by atoms with Gasteiger partial charge in [0.05, 0.1) is 30.6 Å². The zero-order valence-corrected chi connectivity index (χ0v) is 20.4. The standard InChI is InChI=1S/C26H24N6O5/c1-15-21(25(34)36-3)22(30-26(35)28-15)16-9-11-18(12-10-16)37-14-20-29-23-19(24(33)31(20)2)13-27-32(23)17-7-5-4-6-8-17/h4-13,22H,14H2,1-3H3,(H2,28,30,35). The number of aromatic nitrogens is 4. The van der Waals surface area contributed by atoms with Crippen LogP contribution in [0.5, 0.6) is 5.75 Å². The van der Waals surface area contributed by atoms with Crippen LogP contribution in [0.1, 0.15) is 24.4 Å². The van der Waals surface area contributed by atoms with E-state index in [-0.39, 0.29) is 12.2 Å². The molecule has 3 heterocycles. The molecule has 5 rings (SSSR count). The molecule has 4 aromatic rings. The Bertz CT molecular complexity index is 1590. The third-order valence-electron chi connectivity index (χ3n) is 6.16. The van der Waals surface area contributed by atoms with Gasteiger partial charge in [0.1, 0.15) is 17.7 Å². The number of nitrogens with zero attached hydrogens (tertiary/aromatic N) is 4. The zero-order chi connectivity index (χ0) is 26.1. The summed E-state index contributed by atoms with van der Waals surface area (Å²) >= 11 is 0. The third kappa shape index (κ3) is 4.42. The first-order chi connectivity index (χ1) is 17.9. The maximum Gasteiger partial charge on any atom is 0.337 e. The molecule has 37 heavy (non-hydrogen) atoms. The molecule has 2 N–H and O–H groups in total. The minimum atomic E-state index is -0.668. The first-order valence-electron chi connectivity index (χ1n) is 11.5. The van der Waals surface area contributed by atoms with Crippen LogP contribution < -0.4 is 20.9 Å².